The smallest absolute Gasteiger partial charge is 0.313 e. The number of aromatic nitrogens is 2. The van der Waals surface area contributed by atoms with Crippen molar-refractivity contribution in [3.63, 3.8) is 0 Å². The summed E-state index contributed by atoms with van der Waals surface area (Å²) in [4.78, 5) is 6.85. The molecule has 0 radical (unpaired) electrons. The van der Waals surface area contributed by atoms with E-state index in [0.29, 0.717) is 0 Å². The van der Waals surface area contributed by atoms with E-state index in [9.17, 15) is 0 Å². The fraction of sp³-hybridized carbons (Fsp3) is 0. The minimum atomic E-state index is -0.178. The summed E-state index contributed by atoms with van der Waals surface area (Å²) in [5.41, 5.74) is 0. The molecule has 0 amide bonds. The van der Waals surface area contributed by atoms with E-state index in [0.717, 1.165) is 0 Å². The Morgan fingerprint density at radius 1 is 1.25 bits per heavy atom. The molecule has 1 N–H and O–H groups in total. The zero-order valence-corrected chi connectivity index (χ0v) is 5.64. The maximum Gasteiger partial charge on any atom is 0.313 e. The van der Waals surface area contributed by atoms with E-state index in [-0.39, 0.29) is 27.7 Å². The Hall–Kier alpha value is -0.406. The summed E-state index contributed by atoms with van der Waals surface area (Å²) in [6, 6.07) is 1.46. The molecule has 1 rings (SSSR count). The third kappa shape index (κ3) is 2.05. The monoisotopic (exact) mass is 144 g/mol. The molecule has 0 saturated heterocycles. The van der Waals surface area contributed by atoms with Crippen LogP contribution in [0.3, 0.4) is 0 Å². The SMILES string of the molecule is Oc1ncccn1.[Ti]. The fourth-order valence-electron chi connectivity index (χ4n) is 0.291. The topological polar surface area (TPSA) is 46.0 Å². The molecule has 0 aliphatic carbocycles. The molecule has 4 heteroatoms. The van der Waals surface area contributed by atoms with E-state index in [4.69, 9.17) is 5.11 Å². The summed E-state index contributed by atoms with van der Waals surface area (Å²) in [6.07, 6.45) is 2.95. The summed E-state index contributed by atoms with van der Waals surface area (Å²) in [5.74, 6) is 0. The summed E-state index contributed by atoms with van der Waals surface area (Å²) in [5, 5.41) is 8.41. The number of hydrogen-bond donors (Lipinski definition) is 1. The third-order valence-electron chi connectivity index (χ3n) is 0.552. The van der Waals surface area contributed by atoms with Gasteiger partial charge < -0.3 is 5.11 Å². The van der Waals surface area contributed by atoms with Gasteiger partial charge in [0.25, 0.3) is 0 Å². The van der Waals surface area contributed by atoms with E-state index in [1.165, 1.54) is 12.4 Å². The Bertz CT molecular complexity index is 144. The largest absolute Gasteiger partial charge is 0.479 e. The van der Waals surface area contributed by atoms with Crippen LogP contribution in [0.25, 0.3) is 0 Å². The fourth-order valence-corrected chi connectivity index (χ4v) is 0.291. The molecular formula is C4H4N2OTi. The van der Waals surface area contributed by atoms with Gasteiger partial charge >= 0.3 is 6.01 Å². The average Bonchev–Trinajstić information content (AvgIpc) is 1.69. The Morgan fingerprint density at radius 2 is 1.75 bits per heavy atom. The van der Waals surface area contributed by atoms with Crippen molar-refractivity contribution in [1.82, 2.24) is 9.97 Å². The molecule has 0 atom stereocenters. The molecule has 0 aromatic carbocycles. The van der Waals surface area contributed by atoms with Crippen LogP contribution in [0, 0.1) is 0 Å². The predicted molar refractivity (Wildman–Crippen MR) is 23.7 cm³/mol. The van der Waals surface area contributed by atoms with Crippen LogP contribution < -0.4 is 0 Å². The third-order valence-corrected chi connectivity index (χ3v) is 0.552. The van der Waals surface area contributed by atoms with E-state index >= 15 is 0 Å². The summed E-state index contributed by atoms with van der Waals surface area (Å²) in [7, 11) is 0. The van der Waals surface area contributed by atoms with Crippen LogP contribution in [0.15, 0.2) is 18.5 Å². The van der Waals surface area contributed by atoms with E-state index in [1.807, 2.05) is 0 Å². The average molecular weight is 144 g/mol. The van der Waals surface area contributed by atoms with Crippen molar-refractivity contribution in [2.45, 2.75) is 0 Å². The molecule has 0 aliphatic rings. The van der Waals surface area contributed by atoms with Crippen LogP contribution >= 0.6 is 0 Å². The Morgan fingerprint density at radius 3 is 2.00 bits per heavy atom. The Balaban J connectivity index is 0.000000490. The maximum atomic E-state index is 8.41. The van der Waals surface area contributed by atoms with Crippen LogP contribution in [0.2, 0.25) is 0 Å². The van der Waals surface area contributed by atoms with Crippen molar-refractivity contribution in [1.29, 1.82) is 0 Å². The summed E-state index contributed by atoms with van der Waals surface area (Å²) >= 11 is 0. The van der Waals surface area contributed by atoms with Gasteiger partial charge in [-0.1, -0.05) is 0 Å². The normalized spacial score (nSPS) is 7.50. The number of aromatic hydroxyl groups is 1. The van der Waals surface area contributed by atoms with Gasteiger partial charge in [0.05, 0.1) is 0 Å². The van der Waals surface area contributed by atoms with Crippen molar-refractivity contribution >= 4 is 0 Å². The van der Waals surface area contributed by atoms with Gasteiger partial charge in [0.15, 0.2) is 0 Å². The standard InChI is InChI=1S/C4H4N2O.Ti/c7-4-5-2-1-3-6-4;/h1-3H,(H,5,6,7);. The van der Waals surface area contributed by atoms with Crippen LogP contribution in [0.5, 0.6) is 6.01 Å². The van der Waals surface area contributed by atoms with Gasteiger partial charge in [0, 0.05) is 34.1 Å². The van der Waals surface area contributed by atoms with Gasteiger partial charge in [0.1, 0.15) is 0 Å². The number of hydrogen-bond acceptors (Lipinski definition) is 3. The van der Waals surface area contributed by atoms with Gasteiger partial charge in [-0.25, -0.2) is 9.97 Å². The minimum Gasteiger partial charge on any atom is -0.479 e. The quantitative estimate of drug-likeness (QED) is 0.528. The maximum absolute atomic E-state index is 8.41. The summed E-state index contributed by atoms with van der Waals surface area (Å²) < 4.78 is 0. The molecule has 40 valence electrons. The van der Waals surface area contributed by atoms with Gasteiger partial charge in [0.2, 0.25) is 0 Å². The second-order valence-corrected chi connectivity index (χ2v) is 1.05. The molecule has 1 aromatic rings. The molecule has 8 heavy (non-hydrogen) atoms. The van der Waals surface area contributed by atoms with Crippen molar-refractivity contribution < 1.29 is 26.8 Å². The van der Waals surface area contributed by atoms with Crippen molar-refractivity contribution in [2.75, 3.05) is 0 Å². The minimum absolute atomic E-state index is 0. The van der Waals surface area contributed by atoms with Crippen molar-refractivity contribution in [2.24, 2.45) is 0 Å². The van der Waals surface area contributed by atoms with E-state index in [1.54, 1.807) is 6.07 Å². The van der Waals surface area contributed by atoms with Gasteiger partial charge in [-0.05, 0) is 6.07 Å². The van der Waals surface area contributed by atoms with Gasteiger partial charge in [-0.3, -0.25) is 0 Å². The molecule has 1 heterocycles. The predicted octanol–water partition coefficient (Wildman–Crippen LogP) is 0.180. The second kappa shape index (κ2) is 3.58. The first-order valence-electron chi connectivity index (χ1n) is 1.85. The Kier molecular flexibility index (Phi) is 3.40. The van der Waals surface area contributed by atoms with Crippen molar-refractivity contribution in [3.8, 4) is 6.01 Å². The number of nitrogens with zero attached hydrogens (tertiary/aromatic N) is 2. The first-order chi connectivity index (χ1) is 3.39. The van der Waals surface area contributed by atoms with E-state index < -0.39 is 0 Å². The molecule has 0 bridgehead atoms. The van der Waals surface area contributed by atoms with Gasteiger partial charge in [-0.2, -0.15) is 0 Å². The molecule has 3 nitrogen and oxygen atoms in total. The Labute approximate surface area is 61.7 Å². The second-order valence-electron chi connectivity index (χ2n) is 1.05. The molecular weight excluding hydrogens is 140 g/mol. The van der Waals surface area contributed by atoms with Crippen LogP contribution in [-0.4, -0.2) is 15.1 Å². The van der Waals surface area contributed by atoms with Crippen LogP contribution in [0.1, 0.15) is 0 Å². The first-order valence-corrected chi connectivity index (χ1v) is 1.85. The number of rotatable bonds is 0. The zero-order valence-electron chi connectivity index (χ0n) is 4.07. The van der Waals surface area contributed by atoms with E-state index in [2.05, 4.69) is 9.97 Å². The molecule has 1 aromatic heterocycles. The zero-order chi connectivity index (χ0) is 5.11. The summed E-state index contributed by atoms with van der Waals surface area (Å²) in [6.45, 7) is 0. The molecule has 0 unspecified atom stereocenters. The van der Waals surface area contributed by atoms with Crippen molar-refractivity contribution in [3.05, 3.63) is 18.5 Å². The molecule has 0 fully saturated rings. The van der Waals surface area contributed by atoms with Gasteiger partial charge in [-0.15, -0.1) is 0 Å². The first kappa shape index (κ1) is 7.59. The molecule has 0 aliphatic heterocycles. The molecule has 0 spiro atoms. The van der Waals surface area contributed by atoms with Crippen LogP contribution in [0.4, 0.5) is 0 Å². The molecule has 0 saturated carbocycles. The van der Waals surface area contributed by atoms with Crippen LogP contribution in [-0.2, 0) is 21.7 Å².